The molecule has 144 valence electrons. The first-order chi connectivity index (χ1) is 13.0. The van der Waals surface area contributed by atoms with Crippen molar-refractivity contribution < 1.29 is 9.53 Å². The normalized spacial score (nSPS) is 14.9. The van der Waals surface area contributed by atoms with Crippen molar-refractivity contribution in [1.82, 2.24) is 4.90 Å². The molecule has 0 bridgehead atoms. The first-order valence-corrected chi connectivity index (χ1v) is 9.69. The summed E-state index contributed by atoms with van der Waals surface area (Å²) in [5.74, 6) is 0.451. The molecule has 1 saturated heterocycles. The molecule has 1 amide bonds. The van der Waals surface area contributed by atoms with E-state index in [0.29, 0.717) is 15.8 Å². The third kappa shape index (κ3) is 5.51. The van der Waals surface area contributed by atoms with E-state index >= 15 is 0 Å². The molecule has 0 saturated carbocycles. The lowest BCUT2D eigenvalue weighted by atomic mass is 10.2. The van der Waals surface area contributed by atoms with Crippen LogP contribution < -0.4 is 15.0 Å². The lowest BCUT2D eigenvalue weighted by molar-refractivity contribution is -0.116. The number of likely N-dealkylation sites (N-methyl/N-ethyl adjacent to an activating group) is 1. The zero-order chi connectivity index (χ0) is 19.2. The molecular formula is C20H23Cl2N3O2. The van der Waals surface area contributed by atoms with Gasteiger partial charge in [0, 0.05) is 31.2 Å². The van der Waals surface area contributed by atoms with Gasteiger partial charge in [0.2, 0.25) is 5.91 Å². The van der Waals surface area contributed by atoms with Gasteiger partial charge >= 0.3 is 0 Å². The molecular weight excluding hydrogens is 385 g/mol. The van der Waals surface area contributed by atoms with Crippen LogP contribution in [-0.4, -0.2) is 50.6 Å². The van der Waals surface area contributed by atoms with E-state index in [-0.39, 0.29) is 18.9 Å². The molecule has 0 radical (unpaired) electrons. The quantitative estimate of drug-likeness (QED) is 0.780. The number of rotatable bonds is 6. The Hall–Kier alpha value is -1.95. The van der Waals surface area contributed by atoms with E-state index in [1.54, 1.807) is 18.2 Å². The van der Waals surface area contributed by atoms with Gasteiger partial charge in [0.05, 0.1) is 29.4 Å². The topological polar surface area (TPSA) is 44.8 Å². The van der Waals surface area contributed by atoms with Gasteiger partial charge in [0.25, 0.3) is 0 Å². The molecule has 5 nitrogen and oxygen atoms in total. The number of carbonyl (C=O) groups is 1. The zero-order valence-electron chi connectivity index (χ0n) is 15.3. The summed E-state index contributed by atoms with van der Waals surface area (Å²) in [7, 11) is 2.11. The summed E-state index contributed by atoms with van der Waals surface area (Å²) in [6.45, 7) is 4.05. The van der Waals surface area contributed by atoms with Crippen molar-refractivity contribution in [3.05, 3.63) is 52.5 Å². The largest absolute Gasteiger partial charge is 0.491 e. The molecule has 1 aliphatic heterocycles. The number of para-hydroxylation sites is 1. The molecule has 0 spiro atoms. The molecule has 0 atom stereocenters. The standard InChI is InChI=1S/C20H23Cl2N3O2/c1-24-9-11-25(12-10-24)18-7-6-15(21)14-17(18)23-20(26)8-13-27-19-5-3-2-4-16(19)22/h2-7,14H,8-13H2,1H3,(H,23,26). The van der Waals surface area contributed by atoms with Crippen LogP contribution >= 0.6 is 23.2 Å². The van der Waals surface area contributed by atoms with E-state index in [1.165, 1.54) is 0 Å². The van der Waals surface area contributed by atoms with Crippen LogP contribution in [0.1, 0.15) is 6.42 Å². The summed E-state index contributed by atoms with van der Waals surface area (Å²) in [4.78, 5) is 17.0. The minimum absolute atomic E-state index is 0.125. The van der Waals surface area contributed by atoms with E-state index in [1.807, 2.05) is 24.3 Å². The maximum atomic E-state index is 12.4. The van der Waals surface area contributed by atoms with E-state index in [4.69, 9.17) is 27.9 Å². The fourth-order valence-electron chi connectivity index (χ4n) is 2.96. The number of hydrogen-bond acceptors (Lipinski definition) is 4. The molecule has 0 unspecified atom stereocenters. The maximum Gasteiger partial charge on any atom is 0.227 e. The van der Waals surface area contributed by atoms with Crippen LogP contribution in [0.2, 0.25) is 10.0 Å². The Morgan fingerprint density at radius 2 is 1.85 bits per heavy atom. The van der Waals surface area contributed by atoms with Crippen LogP contribution in [0.3, 0.4) is 0 Å². The molecule has 1 N–H and O–H groups in total. The van der Waals surface area contributed by atoms with Crippen LogP contribution in [0.15, 0.2) is 42.5 Å². The lowest BCUT2D eigenvalue weighted by Crippen LogP contribution is -2.44. The van der Waals surface area contributed by atoms with E-state index < -0.39 is 0 Å². The number of halogens is 2. The number of anilines is 2. The molecule has 2 aromatic carbocycles. The Morgan fingerprint density at radius 3 is 2.59 bits per heavy atom. The highest BCUT2D eigenvalue weighted by atomic mass is 35.5. The van der Waals surface area contributed by atoms with Crippen molar-refractivity contribution in [2.24, 2.45) is 0 Å². The first-order valence-electron chi connectivity index (χ1n) is 8.93. The minimum atomic E-state index is -0.125. The number of hydrogen-bond donors (Lipinski definition) is 1. The smallest absolute Gasteiger partial charge is 0.227 e. The van der Waals surface area contributed by atoms with Gasteiger partial charge in [0.15, 0.2) is 0 Å². The SMILES string of the molecule is CN1CCN(c2ccc(Cl)cc2NC(=O)CCOc2ccccc2Cl)CC1. The van der Waals surface area contributed by atoms with E-state index in [2.05, 4.69) is 22.2 Å². The van der Waals surface area contributed by atoms with Gasteiger partial charge in [-0.3, -0.25) is 4.79 Å². The Balaban J connectivity index is 1.60. The zero-order valence-corrected chi connectivity index (χ0v) is 16.8. The van der Waals surface area contributed by atoms with Crippen molar-refractivity contribution in [3.8, 4) is 5.75 Å². The third-order valence-corrected chi connectivity index (χ3v) is 5.05. The predicted octanol–water partition coefficient (Wildman–Crippen LogP) is 4.15. The second kappa shape index (κ2) is 9.31. The average Bonchev–Trinajstić information content (AvgIpc) is 2.64. The summed E-state index contributed by atoms with van der Waals surface area (Å²) in [6.07, 6.45) is 0.222. The molecule has 3 rings (SSSR count). The predicted molar refractivity (Wildman–Crippen MR) is 111 cm³/mol. The van der Waals surface area contributed by atoms with Crippen LogP contribution in [-0.2, 0) is 4.79 Å². The summed E-state index contributed by atoms with van der Waals surface area (Å²) in [5, 5.41) is 4.09. The monoisotopic (exact) mass is 407 g/mol. The second-order valence-electron chi connectivity index (χ2n) is 6.53. The van der Waals surface area contributed by atoms with Crippen LogP contribution in [0.5, 0.6) is 5.75 Å². The lowest BCUT2D eigenvalue weighted by Gasteiger charge is -2.35. The number of ether oxygens (including phenoxy) is 1. The highest BCUT2D eigenvalue weighted by Gasteiger charge is 2.18. The summed E-state index contributed by atoms with van der Waals surface area (Å²) < 4.78 is 5.59. The van der Waals surface area contributed by atoms with Gasteiger partial charge in [0.1, 0.15) is 5.75 Å². The Labute approximate surface area is 169 Å². The molecule has 7 heteroatoms. The Kier molecular flexibility index (Phi) is 6.83. The van der Waals surface area contributed by atoms with Crippen LogP contribution in [0, 0.1) is 0 Å². The van der Waals surface area contributed by atoms with Crippen molar-refractivity contribution in [3.63, 3.8) is 0 Å². The number of piperazine rings is 1. The van der Waals surface area contributed by atoms with Crippen molar-refractivity contribution in [1.29, 1.82) is 0 Å². The summed E-state index contributed by atoms with van der Waals surface area (Å²) in [5.41, 5.74) is 1.72. The fraction of sp³-hybridized carbons (Fsp3) is 0.350. The third-order valence-electron chi connectivity index (χ3n) is 4.50. The van der Waals surface area contributed by atoms with Crippen molar-refractivity contribution in [2.75, 3.05) is 50.1 Å². The molecule has 1 aliphatic rings. The van der Waals surface area contributed by atoms with Crippen molar-refractivity contribution in [2.45, 2.75) is 6.42 Å². The summed E-state index contributed by atoms with van der Waals surface area (Å²) >= 11 is 12.2. The Bertz CT molecular complexity index is 793. The van der Waals surface area contributed by atoms with Crippen LogP contribution in [0.25, 0.3) is 0 Å². The number of amides is 1. The molecule has 2 aromatic rings. The van der Waals surface area contributed by atoms with Gasteiger partial charge in [-0.15, -0.1) is 0 Å². The number of nitrogens with one attached hydrogen (secondary N) is 1. The molecule has 1 fully saturated rings. The van der Waals surface area contributed by atoms with Gasteiger partial charge < -0.3 is 19.9 Å². The van der Waals surface area contributed by atoms with E-state index in [9.17, 15) is 4.79 Å². The summed E-state index contributed by atoms with van der Waals surface area (Å²) in [6, 6.07) is 12.8. The molecule has 0 aromatic heterocycles. The second-order valence-corrected chi connectivity index (χ2v) is 7.37. The van der Waals surface area contributed by atoms with Gasteiger partial charge in [-0.05, 0) is 37.4 Å². The van der Waals surface area contributed by atoms with Gasteiger partial charge in [-0.25, -0.2) is 0 Å². The van der Waals surface area contributed by atoms with Gasteiger partial charge in [-0.1, -0.05) is 35.3 Å². The minimum Gasteiger partial charge on any atom is -0.491 e. The van der Waals surface area contributed by atoms with Crippen LogP contribution in [0.4, 0.5) is 11.4 Å². The molecule has 27 heavy (non-hydrogen) atoms. The molecule has 0 aliphatic carbocycles. The number of benzene rings is 2. The highest BCUT2D eigenvalue weighted by Crippen LogP contribution is 2.30. The van der Waals surface area contributed by atoms with Crippen molar-refractivity contribution >= 4 is 40.5 Å². The number of nitrogens with zero attached hydrogens (tertiary/aromatic N) is 2. The molecule has 1 heterocycles. The highest BCUT2D eigenvalue weighted by molar-refractivity contribution is 6.32. The maximum absolute atomic E-state index is 12.4. The van der Waals surface area contributed by atoms with E-state index in [0.717, 1.165) is 37.6 Å². The first kappa shape index (κ1) is 19.8. The van der Waals surface area contributed by atoms with Gasteiger partial charge in [-0.2, -0.15) is 0 Å². The average molecular weight is 408 g/mol. The Morgan fingerprint density at radius 1 is 1.11 bits per heavy atom. The number of carbonyl (C=O) groups excluding carboxylic acids is 1. The fourth-order valence-corrected chi connectivity index (χ4v) is 3.32.